The molecule has 0 bridgehead atoms. The van der Waals surface area contributed by atoms with E-state index in [1.54, 1.807) is 37.9 Å². The molecule has 0 aliphatic heterocycles. The van der Waals surface area contributed by atoms with Gasteiger partial charge in [-0.3, -0.25) is 10.1 Å². The maximum Gasteiger partial charge on any atom is 0.328 e. The van der Waals surface area contributed by atoms with E-state index >= 15 is 0 Å². The van der Waals surface area contributed by atoms with Crippen molar-refractivity contribution in [3.05, 3.63) is 34.4 Å². The first kappa shape index (κ1) is 14.0. The third-order valence-electron chi connectivity index (χ3n) is 2.68. The standard InChI is InChI=1S/C12H16N2O4/c1-4-18-12(15)9(2)13(3)10-5-7-11(8-6-10)14(16)17/h5-9H,4H2,1-3H3/t9-/m0/s1. The number of ether oxygens (including phenoxy) is 1. The van der Waals surface area contributed by atoms with Gasteiger partial charge in [0.05, 0.1) is 11.5 Å². The summed E-state index contributed by atoms with van der Waals surface area (Å²) in [5.41, 5.74) is 0.747. The molecule has 0 aliphatic carbocycles. The summed E-state index contributed by atoms with van der Waals surface area (Å²) in [7, 11) is 1.74. The smallest absolute Gasteiger partial charge is 0.328 e. The Morgan fingerprint density at radius 1 is 1.44 bits per heavy atom. The molecule has 98 valence electrons. The van der Waals surface area contributed by atoms with Crippen molar-refractivity contribution in [2.75, 3.05) is 18.6 Å². The van der Waals surface area contributed by atoms with Gasteiger partial charge in [0, 0.05) is 24.9 Å². The van der Waals surface area contributed by atoms with Gasteiger partial charge in [-0.2, -0.15) is 0 Å². The summed E-state index contributed by atoms with van der Waals surface area (Å²) >= 11 is 0. The van der Waals surface area contributed by atoms with Crippen molar-refractivity contribution in [3.63, 3.8) is 0 Å². The molecular formula is C12H16N2O4. The normalized spacial score (nSPS) is 11.7. The molecule has 6 nitrogen and oxygen atoms in total. The molecule has 1 aromatic carbocycles. The summed E-state index contributed by atoms with van der Waals surface area (Å²) in [4.78, 5) is 23.3. The highest BCUT2D eigenvalue weighted by Gasteiger charge is 2.19. The van der Waals surface area contributed by atoms with E-state index < -0.39 is 11.0 Å². The maximum absolute atomic E-state index is 11.6. The van der Waals surface area contributed by atoms with Crippen molar-refractivity contribution in [1.82, 2.24) is 0 Å². The third kappa shape index (κ3) is 3.19. The SMILES string of the molecule is CCOC(=O)[C@H](C)N(C)c1ccc([N+](=O)[O-])cc1. The molecule has 6 heteroatoms. The molecule has 0 saturated heterocycles. The molecule has 0 fully saturated rings. The van der Waals surface area contributed by atoms with Gasteiger partial charge < -0.3 is 9.64 Å². The number of likely N-dealkylation sites (N-methyl/N-ethyl adjacent to an activating group) is 1. The molecule has 1 atom stereocenters. The lowest BCUT2D eigenvalue weighted by Gasteiger charge is -2.25. The number of non-ortho nitro benzene ring substituents is 1. The zero-order chi connectivity index (χ0) is 13.7. The summed E-state index contributed by atoms with van der Waals surface area (Å²) in [6.07, 6.45) is 0. The Bertz CT molecular complexity index is 430. The first-order chi connectivity index (χ1) is 8.47. The summed E-state index contributed by atoms with van der Waals surface area (Å²) in [6.45, 7) is 3.80. The topological polar surface area (TPSA) is 72.7 Å². The van der Waals surface area contributed by atoms with Crippen molar-refractivity contribution < 1.29 is 14.5 Å². The van der Waals surface area contributed by atoms with Gasteiger partial charge in [0.25, 0.3) is 5.69 Å². The molecule has 0 saturated carbocycles. The number of anilines is 1. The van der Waals surface area contributed by atoms with Crippen LogP contribution in [0.2, 0.25) is 0 Å². The second kappa shape index (κ2) is 6.00. The zero-order valence-corrected chi connectivity index (χ0v) is 10.6. The molecule has 0 N–H and O–H groups in total. The largest absolute Gasteiger partial charge is 0.464 e. The van der Waals surface area contributed by atoms with Gasteiger partial charge in [0.2, 0.25) is 0 Å². The number of benzene rings is 1. The van der Waals surface area contributed by atoms with Crippen LogP contribution in [0.5, 0.6) is 0 Å². The van der Waals surface area contributed by atoms with E-state index in [0.717, 1.165) is 5.69 Å². The molecule has 0 amide bonds. The van der Waals surface area contributed by atoms with E-state index in [4.69, 9.17) is 4.74 Å². The van der Waals surface area contributed by atoms with Gasteiger partial charge in [0.15, 0.2) is 0 Å². The van der Waals surface area contributed by atoms with Crippen molar-refractivity contribution >= 4 is 17.3 Å². The van der Waals surface area contributed by atoms with Crippen LogP contribution in [0.25, 0.3) is 0 Å². The Balaban J connectivity index is 2.80. The van der Waals surface area contributed by atoms with E-state index in [1.807, 2.05) is 0 Å². The summed E-state index contributed by atoms with van der Waals surface area (Å²) in [5.74, 6) is -0.321. The number of hydrogen-bond donors (Lipinski definition) is 0. The highest BCUT2D eigenvalue weighted by Crippen LogP contribution is 2.20. The molecular weight excluding hydrogens is 236 g/mol. The second-order valence-corrected chi connectivity index (χ2v) is 3.81. The van der Waals surface area contributed by atoms with Crippen LogP contribution in [0.15, 0.2) is 24.3 Å². The fourth-order valence-electron chi connectivity index (χ4n) is 1.45. The van der Waals surface area contributed by atoms with Crippen molar-refractivity contribution in [2.24, 2.45) is 0 Å². The third-order valence-corrected chi connectivity index (χ3v) is 2.68. The van der Waals surface area contributed by atoms with Gasteiger partial charge in [0.1, 0.15) is 6.04 Å². The highest BCUT2D eigenvalue weighted by molar-refractivity contribution is 5.79. The lowest BCUT2D eigenvalue weighted by Crippen LogP contribution is -2.37. The number of esters is 1. The van der Waals surface area contributed by atoms with Crippen LogP contribution in [0.4, 0.5) is 11.4 Å². The molecule has 0 radical (unpaired) electrons. The van der Waals surface area contributed by atoms with E-state index in [2.05, 4.69) is 0 Å². The second-order valence-electron chi connectivity index (χ2n) is 3.81. The molecule has 0 aliphatic rings. The maximum atomic E-state index is 11.6. The van der Waals surface area contributed by atoms with Crippen molar-refractivity contribution in [1.29, 1.82) is 0 Å². The first-order valence-electron chi connectivity index (χ1n) is 5.61. The van der Waals surface area contributed by atoms with Crippen LogP contribution in [-0.4, -0.2) is 30.6 Å². The predicted octanol–water partition coefficient (Wildman–Crippen LogP) is 1.98. The Kier molecular flexibility index (Phi) is 4.65. The highest BCUT2D eigenvalue weighted by atomic mass is 16.6. The molecule has 1 aromatic rings. The molecule has 1 rings (SSSR count). The lowest BCUT2D eigenvalue weighted by molar-refractivity contribution is -0.384. The monoisotopic (exact) mass is 252 g/mol. The fourth-order valence-corrected chi connectivity index (χ4v) is 1.45. The van der Waals surface area contributed by atoms with E-state index in [-0.39, 0.29) is 11.7 Å². The van der Waals surface area contributed by atoms with Crippen LogP contribution in [0.1, 0.15) is 13.8 Å². The Labute approximate surface area is 105 Å². The Morgan fingerprint density at radius 3 is 2.44 bits per heavy atom. The molecule has 18 heavy (non-hydrogen) atoms. The van der Waals surface area contributed by atoms with Gasteiger partial charge in [-0.25, -0.2) is 4.79 Å². The molecule has 0 spiro atoms. The molecule has 0 heterocycles. The van der Waals surface area contributed by atoms with E-state index in [9.17, 15) is 14.9 Å². The Morgan fingerprint density at radius 2 is 2.00 bits per heavy atom. The van der Waals surface area contributed by atoms with Gasteiger partial charge >= 0.3 is 5.97 Å². The lowest BCUT2D eigenvalue weighted by atomic mass is 10.2. The minimum atomic E-state index is -0.460. The zero-order valence-electron chi connectivity index (χ0n) is 10.6. The number of rotatable bonds is 5. The summed E-state index contributed by atoms with van der Waals surface area (Å²) in [6, 6.07) is 5.58. The number of carbonyl (C=O) groups is 1. The Hall–Kier alpha value is -2.11. The van der Waals surface area contributed by atoms with Crippen LogP contribution in [0.3, 0.4) is 0 Å². The summed E-state index contributed by atoms with van der Waals surface area (Å²) < 4.78 is 4.92. The van der Waals surface area contributed by atoms with E-state index in [1.165, 1.54) is 12.1 Å². The van der Waals surface area contributed by atoms with E-state index in [0.29, 0.717) is 6.61 Å². The quantitative estimate of drug-likeness (QED) is 0.455. The van der Waals surface area contributed by atoms with Crippen LogP contribution in [0, 0.1) is 10.1 Å². The predicted molar refractivity (Wildman–Crippen MR) is 67.6 cm³/mol. The van der Waals surface area contributed by atoms with Gasteiger partial charge in [-0.05, 0) is 26.0 Å². The fraction of sp³-hybridized carbons (Fsp3) is 0.417. The number of carbonyl (C=O) groups excluding carboxylic acids is 1. The minimum Gasteiger partial charge on any atom is -0.464 e. The van der Waals surface area contributed by atoms with Crippen LogP contribution < -0.4 is 4.90 Å². The average Bonchev–Trinajstić information content (AvgIpc) is 2.37. The van der Waals surface area contributed by atoms with Crippen LogP contribution >= 0.6 is 0 Å². The molecule has 0 unspecified atom stereocenters. The van der Waals surface area contributed by atoms with Crippen molar-refractivity contribution in [3.8, 4) is 0 Å². The molecule has 0 aromatic heterocycles. The number of nitro benzene ring substituents is 1. The average molecular weight is 252 g/mol. The van der Waals surface area contributed by atoms with Crippen molar-refractivity contribution in [2.45, 2.75) is 19.9 Å². The number of hydrogen-bond acceptors (Lipinski definition) is 5. The van der Waals surface area contributed by atoms with Gasteiger partial charge in [-0.15, -0.1) is 0 Å². The minimum absolute atomic E-state index is 0.0240. The summed E-state index contributed by atoms with van der Waals surface area (Å²) in [5, 5.41) is 10.5. The van der Waals surface area contributed by atoms with Gasteiger partial charge in [-0.1, -0.05) is 0 Å². The van der Waals surface area contributed by atoms with Crippen LogP contribution in [-0.2, 0) is 9.53 Å². The number of nitrogens with zero attached hydrogens (tertiary/aromatic N) is 2. The first-order valence-corrected chi connectivity index (χ1v) is 5.61. The number of nitro groups is 1.